The van der Waals surface area contributed by atoms with Crippen molar-refractivity contribution in [2.24, 2.45) is 0 Å². The van der Waals surface area contributed by atoms with Crippen molar-refractivity contribution in [3.8, 4) is 40.1 Å². The summed E-state index contributed by atoms with van der Waals surface area (Å²) in [4.78, 5) is 28.8. The molecule has 3 heterocycles. The van der Waals surface area contributed by atoms with Crippen LogP contribution in [0.25, 0.3) is 17.3 Å². The smallest absolute Gasteiger partial charge is 0.336 e. The van der Waals surface area contributed by atoms with Crippen LogP contribution in [0.1, 0.15) is 46.8 Å². The molecule has 0 amide bonds. The van der Waals surface area contributed by atoms with Gasteiger partial charge in [-0.2, -0.15) is 0 Å². The molecule has 1 aliphatic rings. The van der Waals surface area contributed by atoms with Crippen LogP contribution in [0.4, 0.5) is 0 Å². The number of aliphatic carboxylic acids is 1. The summed E-state index contributed by atoms with van der Waals surface area (Å²) in [6.07, 6.45) is 7.06. The monoisotopic (exact) mass is 614 g/mol. The fourth-order valence-electron chi connectivity index (χ4n) is 5.14. The number of aryl methyl sites for hydroxylation is 1. The lowest BCUT2D eigenvalue weighted by Gasteiger charge is -2.17. The fourth-order valence-corrected chi connectivity index (χ4v) is 5.14. The molecule has 234 valence electrons. The standard InChI is InChI=1S/C34H34N2O9/c1-4-5-11-36-12-10-21(13-24(33(37)38)14-23-15-29-30(45-20-44-29)16-27(23)41-2)32(36)26-18-35-31(42-3)17-28(26)43-19-22-8-6-7-9-25(22)34(39)40/h6-10,12-13,15-18H,4-5,11,14,19-20H2,1-3H3,(H,37,38)(H,39,40). The molecule has 0 unspecified atom stereocenters. The van der Waals surface area contributed by atoms with Crippen LogP contribution in [0.2, 0.25) is 0 Å². The number of rotatable bonds is 14. The summed E-state index contributed by atoms with van der Waals surface area (Å²) in [5, 5.41) is 19.9. The van der Waals surface area contributed by atoms with E-state index in [9.17, 15) is 19.8 Å². The van der Waals surface area contributed by atoms with Crippen molar-refractivity contribution >= 4 is 18.0 Å². The quantitative estimate of drug-likeness (QED) is 0.161. The van der Waals surface area contributed by atoms with Crippen molar-refractivity contribution in [3.05, 3.63) is 88.8 Å². The first-order valence-corrected chi connectivity index (χ1v) is 14.4. The van der Waals surface area contributed by atoms with Gasteiger partial charge in [-0.05, 0) is 30.7 Å². The highest BCUT2D eigenvalue weighted by Crippen LogP contribution is 2.40. The van der Waals surface area contributed by atoms with E-state index in [1.165, 1.54) is 20.3 Å². The van der Waals surface area contributed by atoms with Crippen LogP contribution in [-0.2, 0) is 24.4 Å². The summed E-state index contributed by atoms with van der Waals surface area (Å²) >= 11 is 0. The number of aromatic nitrogens is 2. The van der Waals surface area contributed by atoms with Gasteiger partial charge in [0.15, 0.2) is 11.5 Å². The molecule has 2 aromatic heterocycles. The van der Waals surface area contributed by atoms with Crippen LogP contribution in [-0.4, -0.2) is 52.7 Å². The van der Waals surface area contributed by atoms with E-state index >= 15 is 0 Å². The topological polar surface area (TPSA) is 139 Å². The largest absolute Gasteiger partial charge is 0.496 e. The maximum absolute atomic E-state index is 12.6. The first kappa shape index (κ1) is 31.0. The average molecular weight is 615 g/mol. The number of carbonyl (C=O) groups is 2. The highest BCUT2D eigenvalue weighted by molar-refractivity contribution is 5.94. The fraction of sp³-hybridized carbons (Fsp3) is 0.265. The van der Waals surface area contributed by atoms with Gasteiger partial charge in [-0.15, -0.1) is 0 Å². The number of unbranched alkanes of at least 4 members (excludes halogenated alkanes) is 1. The van der Waals surface area contributed by atoms with Crippen molar-refractivity contribution < 1.29 is 43.5 Å². The van der Waals surface area contributed by atoms with Gasteiger partial charge in [-0.3, -0.25) is 0 Å². The molecule has 0 bridgehead atoms. The van der Waals surface area contributed by atoms with E-state index in [0.29, 0.717) is 63.4 Å². The van der Waals surface area contributed by atoms with Crippen molar-refractivity contribution in [3.63, 3.8) is 0 Å². The third kappa shape index (κ3) is 6.87. The maximum atomic E-state index is 12.6. The zero-order valence-electron chi connectivity index (χ0n) is 25.2. The van der Waals surface area contributed by atoms with Crippen LogP contribution in [0.15, 0.2) is 66.5 Å². The number of fused-ring (bicyclic) bond motifs is 1. The van der Waals surface area contributed by atoms with Gasteiger partial charge < -0.3 is 38.5 Å². The van der Waals surface area contributed by atoms with E-state index in [0.717, 1.165) is 12.8 Å². The summed E-state index contributed by atoms with van der Waals surface area (Å²) in [6.45, 7) is 2.83. The highest BCUT2D eigenvalue weighted by atomic mass is 16.7. The number of nitrogens with zero attached hydrogens (tertiary/aromatic N) is 2. The molecule has 0 saturated carbocycles. The Hall–Kier alpha value is -5.45. The van der Waals surface area contributed by atoms with Gasteiger partial charge >= 0.3 is 11.9 Å². The molecule has 0 fully saturated rings. The number of methoxy groups -OCH3 is 2. The number of carboxylic acids is 2. The molecule has 0 radical (unpaired) electrons. The van der Waals surface area contributed by atoms with E-state index < -0.39 is 11.9 Å². The minimum absolute atomic E-state index is 0.0201. The number of ether oxygens (including phenoxy) is 5. The molecule has 2 N–H and O–H groups in total. The molecule has 5 rings (SSSR count). The molecular weight excluding hydrogens is 580 g/mol. The van der Waals surface area contributed by atoms with Crippen LogP contribution >= 0.6 is 0 Å². The Labute approximate surface area is 260 Å². The zero-order chi connectivity index (χ0) is 31.9. The van der Waals surface area contributed by atoms with Gasteiger partial charge in [0.05, 0.1) is 31.0 Å². The molecule has 11 heteroatoms. The van der Waals surface area contributed by atoms with E-state index in [1.54, 1.807) is 48.7 Å². The second-order valence-electron chi connectivity index (χ2n) is 10.3. The maximum Gasteiger partial charge on any atom is 0.336 e. The summed E-state index contributed by atoms with van der Waals surface area (Å²) < 4.78 is 30.1. The number of hydrogen-bond acceptors (Lipinski definition) is 8. The molecule has 1 aliphatic heterocycles. The number of carboxylic acid groups (broad SMARTS) is 2. The Kier molecular flexibility index (Phi) is 9.57. The summed E-state index contributed by atoms with van der Waals surface area (Å²) in [6, 6.07) is 13.6. The van der Waals surface area contributed by atoms with Crippen LogP contribution in [0.5, 0.6) is 28.9 Å². The molecule has 2 aromatic carbocycles. The highest BCUT2D eigenvalue weighted by Gasteiger charge is 2.23. The Morgan fingerprint density at radius 2 is 1.78 bits per heavy atom. The van der Waals surface area contributed by atoms with Gasteiger partial charge in [0, 0.05) is 59.8 Å². The third-order valence-corrected chi connectivity index (χ3v) is 7.44. The van der Waals surface area contributed by atoms with Crippen molar-refractivity contribution in [1.29, 1.82) is 0 Å². The van der Waals surface area contributed by atoms with Crippen LogP contribution in [0.3, 0.4) is 0 Å². The minimum atomic E-state index is -1.09. The molecule has 0 spiro atoms. The van der Waals surface area contributed by atoms with Crippen molar-refractivity contribution in [2.75, 3.05) is 21.0 Å². The van der Waals surface area contributed by atoms with Crippen molar-refractivity contribution in [2.45, 2.75) is 39.3 Å². The molecular formula is C34H34N2O9. The Morgan fingerprint density at radius 3 is 2.49 bits per heavy atom. The first-order chi connectivity index (χ1) is 21.8. The van der Waals surface area contributed by atoms with E-state index in [-0.39, 0.29) is 31.0 Å². The normalized spacial score (nSPS) is 12.2. The Balaban J connectivity index is 1.58. The summed E-state index contributed by atoms with van der Waals surface area (Å²) in [5.74, 6) is 0.130. The van der Waals surface area contributed by atoms with Crippen molar-refractivity contribution in [1.82, 2.24) is 9.55 Å². The second-order valence-corrected chi connectivity index (χ2v) is 10.3. The summed E-state index contributed by atoms with van der Waals surface area (Å²) in [7, 11) is 3.01. The number of pyridine rings is 1. The predicted octanol–water partition coefficient (Wildman–Crippen LogP) is 6.08. The zero-order valence-corrected chi connectivity index (χ0v) is 25.2. The first-order valence-electron chi connectivity index (χ1n) is 14.4. The molecule has 45 heavy (non-hydrogen) atoms. The van der Waals surface area contributed by atoms with Gasteiger partial charge in [-0.25, -0.2) is 14.6 Å². The van der Waals surface area contributed by atoms with E-state index in [1.807, 2.05) is 16.8 Å². The Bertz CT molecular complexity index is 1740. The number of benzene rings is 2. The summed E-state index contributed by atoms with van der Waals surface area (Å²) in [5.41, 5.74) is 3.35. The van der Waals surface area contributed by atoms with Crippen LogP contribution < -0.4 is 23.7 Å². The van der Waals surface area contributed by atoms with Gasteiger partial charge in [0.2, 0.25) is 12.7 Å². The van der Waals surface area contributed by atoms with Gasteiger partial charge in [0.1, 0.15) is 18.1 Å². The number of aromatic carboxylic acids is 1. The van der Waals surface area contributed by atoms with E-state index in [2.05, 4.69) is 11.9 Å². The predicted molar refractivity (Wildman–Crippen MR) is 165 cm³/mol. The lowest BCUT2D eigenvalue weighted by molar-refractivity contribution is -0.132. The Morgan fingerprint density at radius 1 is 1.00 bits per heavy atom. The lowest BCUT2D eigenvalue weighted by atomic mass is 10.00. The molecule has 11 nitrogen and oxygen atoms in total. The lowest BCUT2D eigenvalue weighted by Crippen LogP contribution is -2.08. The van der Waals surface area contributed by atoms with E-state index in [4.69, 9.17) is 23.7 Å². The molecule has 0 aliphatic carbocycles. The van der Waals surface area contributed by atoms with Gasteiger partial charge in [-0.1, -0.05) is 31.5 Å². The molecule has 0 atom stereocenters. The number of hydrogen-bond donors (Lipinski definition) is 2. The molecule has 0 saturated heterocycles. The van der Waals surface area contributed by atoms with Crippen LogP contribution in [0, 0.1) is 0 Å². The van der Waals surface area contributed by atoms with Gasteiger partial charge in [0.25, 0.3) is 0 Å². The second kappa shape index (κ2) is 13.9. The minimum Gasteiger partial charge on any atom is -0.496 e. The average Bonchev–Trinajstić information content (AvgIpc) is 3.68. The molecule has 4 aromatic rings. The third-order valence-electron chi connectivity index (χ3n) is 7.44. The SMILES string of the molecule is CCCCn1ccc(C=C(Cc2cc3c(cc2OC)OCO3)C(=O)O)c1-c1cnc(OC)cc1OCc1ccccc1C(=O)O.